The smallest absolute Gasteiger partial charge is 0.324 e. The number of hydrogen-bond acceptors (Lipinski definition) is 1. The molecule has 0 unspecified atom stereocenters. The quantitative estimate of drug-likeness (QED) is 0.708. The summed E-state index contributed by atoms with van der Waals surface area (Å²) in [6.07, 6.45) is 4.01. The van der Waals surface area contributed by atoms with Crippen molar-refractivity contribution in [3.05, 3.63) is 53.2 Å². The Bertz CT molecular complexity index is 763. The van der Waals surface area contributed by atoms with E-state index in [1.165, 1.54) is 0 Å². The Morgan fingerprint density at radius 1 is 0.947 bits per heavy atom. The van der Waals surface area contributed by atoms with Gasteiger partial charge in [-0.25, -0.2) is 4.79 Å². The van der Waals surface area contributed by atoms with E-state index in [1.807, 2.05) is 64.2 Å². The molecule has 19 heavy (non-hydrogen) atoms. The summed E-state index contributed by atoms with van der Waals surface area (Å²) in [5, 5.41) is 0. The summed E-state index contributed by atoms with van der Waals surface area (Å²) < 4.78 is 5.69. The normalized spacial score (nSPS) is 11.3. The van der Waals surface area contributed by atoms with Gasteiger partial charge in [0.05, 0.1) is 11.0 Å². The van der Waals surface area contributed by atoms with Crippen molar-refractivity contribution in [1.29, 1.82) is 0 Å². The Kier molecular flexibility index (Phi) is 2.78. The topological polar surface area (TPSA) is 31.9 Å². The van der Waals surface area contributed by atoms with Gasteiger partial charge in [0.2, 0.25) is 0 Å². The lowest BCUT2D eigenvalue weighted by Gasteiger charge is -2.04. The van der Waals surface area contributed by atoms with E-state index in [0.29, 0.717) is 13.1 Å². The van der Waals surface area contributed by atoms with Crippen molar-refractivity contribution in [2.75, 3.05) is 0 Å². The highest BCUT2D eigenvalue weighted by atomic mass is 16.1. The van der Waals surface area contributed by atoms with E-state index in [9.17, 15) is 4.79 Å². The van der Waals surface area contributed by atoms with Crippen molar-refractivity contribution in [2.24, 2.45) is 0 Å². The number of hydrogen-bond donors (Lipinski definition) is 0. The van der Waals surface area contributed by atoms with Crippen LogP contribution in [0.25, 0.3) is 16.7 Å². The molecule has 0 aliphatic rings. The first-order chi connectivity index (χ1) is 9.26. The van der Waals surface area contributed by atoms with E-state index < -0.39 is 0 Å². The molecule has 0 saturated carbocycles. The molecule has 4 nitrogen and oxygen atoms in total. The van der Waals surface area contributed by atoms with E-state index in [0.717, 1.165) is 16.7 Å². The summed E-state index contributed by atoms with van der Waals surface area (Å²) >= 11 is 0. The Balaban J connectivity index is 2.31. The molecule has 3 rings (SSSR count). The summed E-state index contributed by atoms with van der Waals surface area (Å²) in [6.45, 7) is 5.40. The van der Waals surface area contributed by atoms with Crippen LogP contribution in [0.4, 0.5) is 0 Å². The number of aryl methyl sites for hydroxylation is 2. The number of imidazole rings is 1. The van der Waals surface area contributed by atoms with Crippen molar-refractivity contribution >= 4 is 11.0 Å². The average Bonchev–Trinajstić information content (AvgIpc) is 3.03. The van der Waals surface area contributed by atoms with Crippen LogP contribution in [-0.4, -0.2) is 13.7 Å². The summed E-state index contributed by atoms with van der Waals surface area (Å²) in [7, 11) is 0. The molecule has 2 aromatic heterocycles. The summed E-state index contributed by atoms with van der Waals surface area (Å²) in [6, 6.07) is 10.1. The molecule has 0 atom stereocenters. The first kappa shape index (κ1) is 11.8. The zero-order valence-corrected chi connectivity index (χ0v) is 11.2. The lowest BCUT2D eigenvalue weighted by molar-refractivity contribution is 0.670. The van der Waals surface area contributed by atoms with Crippen LogP contribution >= 0.6 is 0 Å². The second-order valence-electron chi connectivity index (χ2n) is 4.53. The minimum absolute atomic E-state index is 0.0738. The molecule has 4 heteroatoms. The predicted molar refractivity (Wildman–Crippen MR) is 76.9 cm³/mol. The van der Waals surface area contributed by atoms with Gasteiger partial charge in [-0.2, -0.15) is 0 Å². The lowest BCUT2D eigenvalue weighted by atomic mass is 10.2. The molecular formula is C15H17N3O. The fourth-order valence-electron chi connectivity index (χ4n) is 2.59. The molecule has 1 aromatic carbocycles. The second-order valence-corrected chi connectivity index (χ2v) is 4.53. The zero-order chi connectivity index (χ0) is 13.4. The van der Waals surface area contributed by atoms with Crippen LogP contribution in [0.2, 0.25) is 0 Å². The van der Waals surface area contributed by atoms with Gasteiger partial charge >= 0.3 is 5.69 Å². The fourth-order valence-corrected chi connectivity index (χ4v) is 2.59. The summed E-state index contributed by atoms with van der Waals surface area (Å²) in [5.74, 6) is 0. The molecular weight excluding hydrogens is 238 g/mol. The molecule has 98 valence electrons. The SMILES string of the molecule is CCn1c(=O)n(CC)c2cc(-n3cccc3)ccc21. The van der Waals surface area contributed by atoms with Crippen LogP contribution < -0.4 is 5.69 Å². The number of nitrogens with zero attached hydrogens (tertiary/aromatic N) is 3. The third kappa shape index (κ3) is 1.71. The first-order valence-electron chi connectivity index (χ1n) is 6.62. The fraction of sp³-hybridized carbons (Fsp3) is 0.267. The summed E-state index contributed by atoms with van der Waals surface area (Å²) in [5.41, 5.74) is 3.16. The van der Waals surface area contributed by atoms with E-state index in [-0.39, 0.29) is 5.69 Å². The maximum Gasteiger partial charge on any atom is 0.329 e. The molecule has 0 bridgehead atoms. The largest absolute Gasteiger partial charge is 0.329 e. The Hall–Kier alpha value is -2.23. The highest BCUT2D eigenvalue weighted by molar-refractivity contribution is 5.78. The van der Waals surface area contributed by atoms with Gasteiger partial charge in [-0.1, -0.05) is 0 Å². The number of aromatic nitrogens is 3. The van der Waals surface area contributed by atoms with Gasteiger partial charge in [-0.3, -0.25) is 9.13 Å². The van der Waals surface area contributed by atoms with Gasteiger partial charge in [-0.15, -0.1) is 0 Å². The van der Waals surface area contributed by atoms with Crippen molar-refractivity contribution < 1.29 is 0 Å². The number of fused-ring (bicyclic) bond motifs is 1. The molecule has 0 aliphatic carbocycles. The maximum atomic E-state index is 12.3. The molecule has 0 aliphatic heterocycles. The lowest BCUT2D eigenvalue weighted by Crippen LogP contribution is -2.23. The maximum absolute atomic E-state index is 12.3. The van der Waals surface area contributed by atoms with E-state index >= 15 is 0 Å². The molecule has 0 saturated heterocycles. The standard InChI is InChI=1S/C15H17N3O/c1-3-17-13-8-7-12(16-9-5-6-10-16)11-14(13)18(4-2)15(17)19/h5-11H,3-4H2,1-2H3. The molecule has 0 N–H and O–H groups in total. The van der Waals surface area contributed by atoms with Crippen molar-refractivity contribution in [3.8, 4) is 5.69 Å². The van der Waals surface area contributed by atoms with Crippen LogP contribution in [0.5, 0.6) is 0 Å². The van der Waals surface area contributed by atoms with Crippen LogP contribution in [0, 0.1) is 0 Å². The first-order valence-corrected chi connectivity index (χ1v) is 6.62. The van der Waals surface area contributed by atoms with Crippen molar-refractivity contribution in [1.82, 2.24) is 13.7 Å². The molecule has 0 amide bonds. The summed E-state index contributed by atoms with van der Waals surface area (Å²) in [4.78, 5) is 12.3. The Morgan fingerprint density at radius 2 is 1.58 bits per heavy atom. The minimum atomic E-state index is 0.0738. The number of benzene rings is 1. The van der Waals surface area contributed by atoms with Gasteiger partial charge in [0, 0.05) is 31.2 Å². The third-order valence-corrected chi connectivity index (χ3v) is 3.54. The van der Waals surface area contributed by atoms with Gasteiger partial charge in [0.15, 0.2) is 0 Å². The van der Waals surface area contributed by atoms with Crippen LogP contribution in [0.15, 0.2) is 47.5 Å². The number of rotatable bonds is 3. The zero-order valence-electron chi connectivity index (χ0n) is 11.2. The van der Waals surface area contributed by atoms with Crippen molar-refractivity contribution in [2.45, 2.75) is 26.9 Å². The van der Waals surface area contributed by atoms with Crippen LogP contribution in [-0.2, 0) is 13.1 Å². The molecule has 0 spiro atoms. The van der Waals surface area contributed by atoms with Gasteiger partial charge < -0.3 is 4.57 Å². The molecule has 0 radical (unpaired) electrons. The molecule has 3 aromatic rings. The molecule has 0 fully saturated rings. The minimum Gasteiger partial charge on any atom is -0.324 e. The Morgan fingerprint density at radius 3 is 2.21 bits per heavy atom. The predicted octanol–water partition coefficient (Wildman–Crippen LogP) is 2.63. The molecule has 2 heterocycles. The van der Waals surface area contributed by atoms with Crippen LogP contribution in [0.1, 0.15) is 13.8 Å². The highest BCUT2D eigenvalue weighted by Gasteiger charge is 2.11. The monoisotopic (exact) mass is 255 g/mol. The van der Waals surface area contributed by atoms with Gasteiger partial charge in [-0.05, 0) is 44.2 Å². The average molecular weight is 255 g/mol. The highest BCUT2D eigenvalue weighted by Crippen LogP contribution is 2.18. The van der Waals surface area contributed by atoms with Crippen LogP contribution in [0.3, 0.4) is 0 Å². The second kappa shape index (κ2) is 4.46. The van der Waals surface area contributed by atoms with Crippen molar-refractivity contribution in [3.63, 3.8) is 0 Å². The third-order valence-electron chi connectivity index (χ3n) is 3.54. The van der Waals surface area contributed by atoms with E-state index in [2.05, 4.69) is 6.07 Å². The van der Waals surface area contributed by atoms with Gasteiger partial charge in [0.25, 0.3) is 0 Å². The van der Waals surface area contributed by atoms with Gasteiger partial charge in [0.1, 0.15) is 0 Å². The van der Waals surface area contributed by atoms with E-state index in [1.54, 1.807) is 0 Å². The van der Waals surface area contributed by atoms with E-state index in [4.69, 9.17) is 0 Å². The Labute approximate surface area is 111 Å².